The van der Waals surface area contributed by atoms with Crippen LogP contribution in [0, 0.1) is 5.92 Å². The first-order valence-electron chi connectivity index (χ1n) is 6.22. The lowest BCUT2D eigenvalue weighted by Gasteiger charge is -2.31. The zero-order valence-corrected chi connectivity index (χ0v) is 10.9. The van der Waals surface area contributed by atoms with Crippen molar-refractivity contribution in [3.63, 3.8) is 0 Å². The van der Waals surface area contributed by atoms with Crippen molar-refractivity contribution in [2.45, 2.75) is 40.2 Å². The molecule has 2 atom stereocenters. The monoisotopic (exact) mass is 212 g/mol. The minimum atomic E-state index is 0.623. The van der Waals surface area contributed by atoms with Gasteiger partial charge in [0.1, 0.15) is 0 Å². The molecule has 0 aromatic heterocycles. The lowest BCUT2D eigenvalue weighted by molar-refractivity contribution is 0.185. The van der Waals surface area contributed by atoms with E-state index in [1.807, 2.05) is 6.08 Å². The van der Waals surface area contributed by atoms with Gasteiger partial charge in [0.25, 0.3) is 0 Å². The molecule has 0 fully saturated rings. The Hall–Kier alpha value is -0.340. The fourth-order valence-corrected chi connectivity index (χ4v) is 1.79. The van der Waals surface area contributed by atoms with Crippen LogP contribution < -0.4 is 5.32 Å². The predicted octanol–water partition coefficient (Wildman–Crippen LogP) is 2.52. The normalized spacial score (nSPS) is 15.3. The Morgan fingerprint density at radius 2 is 2.00 bits per heavy atom. The molecule has 0 bridgehead atoms. The minimum Gasteiger partial charge on any atom is -0.316 e. The van der Waals surface area contributed by atoms with Gasteiger partial charge in [0.2, 0.25) is 0 Å². The van der Waals surface area contributed by atoms with Gasteiger partial charge in [0.05, 0.1) is 0 Å². The van der Waals surface area contributed by atoms with E-state index in [2.05, 4.69) is 44.5 Å². The van der Waals surface area contributed by atoms with Crippen LogP contribution in [0.5, 0.6) is 0 Å². The first kappa shape index (κ1) is 14.7. The summed E-state index contributed by atoms with van der Waals surface area (Å²) in [7, 11) is 0. The van der Waals surface area contributed by atoms with Gasteiger partial charge in [-0.1, -0.05) is 26.8 Å². The molecule has 0 aliphatic rings. The smallest absolute Gasteiger partial charge is 0.0163 e. The Morgan fingerprint density at radius 1 is 1.33 bits per heavy atom. The van der Waals surface area contributed by atoms with Crippen LogP contribution in [0.4, 0.5) is 0 Å². The summed E-state index contributed by atoms with van der Waals surface area (Å²) in [4.78, 5) is 2.46. The highest BCUT2D eigenvalue weighted by Crippen LogP contribution is 2.09. The molecule has 0 saturated carbocycles. The van der Waals surface area contributed by atoms with Crippen molar-refractivity contribution in [2.75, 3.05) is 26.2 Å². The first-order chi connectivity index (χ1) is 7.17. The molecular weight excluding hydrogens is 184 g/mol. The predicted molar refractivity (Wildman–Crippen MR) is 69.2 cm³/mol. The maximum Gasteiger partial charge on any atom is 0.0163 e. The van der Waals surface area contributed by atoms with Crippen molar-refractivity contribution in [3.8, 4) is 0 Å². The van der Waals surface area contributed by atoms with E-state index in [1.54, 1.807) is 0 Å². The highest BCUT2D eigenvalue weighted by Gasteiger charge is 2.17. The molecule has 0 radical (unpaired) electrons. The SMILES string of the molecule is C=CCN(CC)C(C)C(C)CNCCC. The van der Waals surface area contributed by atoms with Gasteiger partial charge >= 0.3 is 0 Å². The lowest BCUT2D eigenvalue weighted by atomic mass is 10.0. The third-order valence-electron chi connectivity index (χ3n) is 3.06. The molecule has 0 saturated heterocycles. The summed E-state index contributed by atoms with van der Waals surface area (Å²) in [5, 5.41) is 3.48. The van der Waals surface area contributed by atoms with Crippen LogP contribution in [-0.4, -0.2) is 37.1 Å². The molecule has 0 spiro atoms. The Bertz CT molecular complexity index is 157. The van der Waals surface area contributed by atoms with E-state index >= 15 is 0 Å². The van der Waals surface area contributed by atoms with Crippen LogP contribution in [0.2, 0.25) is 0 Å². The van der Waals surface area contributed by atoms with Gasteiger partial charge in [-0.15, -0.1) is 6.58 Å². The molecule has 2 unspecified atom stereocenters. The number of nitrogens with one attached hydrogen (secondary N) is 1. The number of rotatable bonds is 9. The summed E-state index contributed by atoms with van der Waals surface area (Å²) in [5.74, 6) is 0.691. The number of nitrogens with zero attached hydrogens (tertiary/aromatic N) is 1. The van der Waals surface area contributed by atoms with Crippen molar-refractivity contribution in [1.29, 1.82) is 0 Å². The van der Waals surface area contributed by atoms with Crippen molar-refractivity contribution in [1.82, 2.24) is 10.2 Å². The lowest BCUT2D eigenvalue weighted by Crippen LogP contribution is -2.41. The van der Waals surface area contributed by atoms with Crippen LogP contribution in [-0.2, 0) is 0 Å². The van der Waals surface area contributed by atoms with Gasteiger partial charge in [-0.3, -0.25) is 4.90 Å². The van der Waals surface area contributed by atoms with E-state index in [0.717, 1.165) is 26.2 Å². The third kappa shape index (κ3) is 5.95. The Labute approximate surface area is 95.7 Å². The Balaban J connectivity index is 3.91. The second-order valence-electron chi connectivity index (χ2n) is 4.30. The molecule has 0 amide bonds. The van der Waals surface area contributed by atoms with Gasteiger partial charge in [-0.25, -0.2) is 0 Å². The molecule has 2 heteroatoms. The largest absolute Gasteiger partial charge is 0.316 e. The Kier molecular flexibility index (Phi) is 8.73. The molecule has 0 heterocycles. The average molecular weight is 212 g/mol. The molecule has 0 aromatic rings. The van der Waals surface area contributed by atoms with Crippen molar-refractivity contribution in [2.24, 2.45) is 5.92 Å². The first-order valence-corrected chi connectivity index (χ1v) is 6.22. The van der Waals surface area contributed by atoms with Crippen molar-refractivity contribution in [3.05, 3.63) is 12.7 Å². The van der Waals surface area contributed by atoms with Gasteiger partial charge in [0.15, 0.2) is 0 Å². The molecule has 0 aliphatic carbocycles. The summed E-state index contributed by atoms with van der Waals surface area (Å²) >= 11 is 0. The zero-order chi connectivity index (χ0) is 11.7. The molecule has 15 heavy (non-hydrogen) atoms. The maximum atomic E-state index is 3.81. The minimum absolute atomic E-state index is 0.623. The molecule has 2 nitrogen and oxygen atoms in total. The summed E-state index contributed by atoms with van der Waals surface area (Å²) in [6, 6.07) is 0.623. The zero-order valence-electron chi connectivity index (χ0n) is 10.9. The third-order valence-corrected chi connectivity index (χ3v) is 3.06. The molecular formula is C13H28N2. The van der Waals surface area contributed by atoms with Crippen molar-refractivity contribution < 1.29 is 0 Å². The molecule has 0 aliphatic heterocycles. The van der Waals surface area contributed by atoms with Crippen LogP contribution in [0.3, 0.4) is 0 Å². The van der Waals surface area contributed by atoms with E-state index < -0.39 is 0 Å². The van der Waals surface area contributed by atoms with E-state index in [1.165, 1.54) is 6.42 Å². The van der Waals surface area contributed by atoms with Crippen molar-refractivity contribution >= 4 is 0 Å². The fraction of sp³-hybridized carbons (Fsp3) is 0.846. The number of hydrogen-bond donors (Lipinski definition) is 1. The van der Waals surface area contributed by atoms with Crippen LogP contribution in [0.25, 0.3) is 0 Å². The standard InChI is InChI=1S/C13H28N2/c1-6-9-14-11-12(4)13(5)15(8-3)10-7-2/h7,12-14H,2,6,8-11H2,1,3-5H3. The molecule has 0 aromatic carbocycles. The second-order valence-corrected chi connectivity index (χ2v) is 4.30. The van der Waals surface area contributed by atoms with E-state index in [-0.39, 0.29) is 0 Å². The highest BCUT2D eigenvalue weighted by atomic mass is 15.1. The van der Waals surface area contributed by atoms with Crippen LogP contribution >= 0.6 is 0 Å². The Morgan fingerprint density at radius 3 is 2.47 bits per heavy atom. The quantitative estimate of drug-likeness (QED) is 0.467. The molecule has 90 valence electrons. The number of likely N-dealkylation sites (N-methyl/N-ethyl adjacent to an activating group) is 1. The summed E-state index contributed by atoms with van der Waals surface area (Å²) in [6.07, 6.45) is 3.21. The van der Waals surface area contributed by atoms with Crippen LogP contribution in [0.1, 0.15) is 34.1 Å². The van der Waals surface area contributed by atoms with Gasteiger partial charge in [-0.05, 0) is 38.9 Å². The second kappa shape index (κ2) is 8.93. The summed E-state index contributed by atoms with van der Waals surface area (Å²) in [6.45, 7) is 17.2. The number of hydrogen-bond acceptors (Lipinski definition) is 2. The topological polar surface area (TPSA) is 15.3 Å². The van der Waals surface area contributed by atoms with Gasteiger partial charge in [0, 0.05) is 12.6 Å². The molecule has 0 rings (SSSR count). The van der Waals surface area contributed by atoms with E-state index in [4.69, 9.17) is 0 Å². The fourth-order valence-electron chi connectivity index (χ4n) is 1.79. The van der Waals surface area contributed by atoms with E-state index in [0.29, 0.717) is 12.0 Å². The van der Waals surface area contributed by atoms with Gasteiger partial charge < -0.3 is 5.32 Å². The molecule has 1 N–H and O–H groups in total. The summed E-state index contributed by atoms with van der Waals surface area (Å²) in [5.41, 5.74) is 0. The summed E-state index contributed by atoms with van der Waals surface area (Å²) < 4.78 is 0. The maximum absolute atomic E-state index is 3.81. The van der Waals surface area contributed by atoms with E-state index in [9.17, 15) is 0 Å². The van der Waals surface area contributed by atoms with Crippen LogP contribution in [0.15, 0.2) is 12.7 Å². The average Bonchev–Trinajstić information content (AvgIpc) is 2.25. The van der Waals surface area contributed by atoms with Gasteiger partial charge in [-0.2, -0.15) is 0 Å². The highest BCUT2D eigenvalue weighted by molar-refractivity contribution is 4.80.